The van der Waals surface area contributed by atoms with Crippen molar-refractivity contribution in [3.63, 3.8) is 0 Å². The van der Waals surface area contributed by atoms with E-state index >= 15 is 0 Å². The fraction of sp³-hybridized carbons (Fsp3) is 0.286. The Labute approximate surface area is 105 Å². The SMILES string of the molecule is Nc1ccc2c(c1)CCC2NCc1ccsc1. The summed E-state index contributed by atoms with van der Waals surface area (Å²) >= 11 is 1.75. The van der Waals surface area contributed by atoms with E-state index in [0.717, 1.165) is 18.7 Å². The predicted molar refractivity (Wildman–Crippen MR) is 73.1 cm³/mol. The number of thiophene rings is 1. The monoisotopic (exact) mass is 244 g/mol. The number of nitrogens with two attached hydrogens (primary N) is 1. The van der Waals surface area contributed by atoms with Crippen LogP contribution < -0.4 is 11.1 Å². The molecule has 0 saturated carbocycles. The zero-order chi connectivity index (χ0) is 11.7. The molecule has 1 heterocycles. The first kappa shape index (κ1) is 10.8. The van der Waals surface area contributed by atoms with E-state index in [2.05, 4.69) is 34.3 Å². The maximum absolute atomic E-state index is 5.81. The number of hydrogen-bond acceptors (Lipinski definition) is 3. The summed E-state index contributed by atoms with van der Waals surface area (Å²) in [6, 6.07) is 8.95. The number of nitrogens with one attached hydrogen (secondary N) is 1. The van der Waals surface area contributed by atoms with Gasteiger partial charge in [0.2, 0.25) is 0 Å². The van der Waals surface area contributed by atoms with Crippen LogP contribution in [-0.4, -0.2) is 0 Å². The van der Waals surface area contributed by atoms with Crippen molar-refractivity contribution in [2.75, 3.05) is 5.73 Å². The first-order chi connectivity index (χ1) is 8.33. The molecule has 2 aromatic rings. The van der Waals surface area contributed by atoms with E-state index in [1.807, 2.05) is 6.07 Å². The van der Waals surface area contributed by atoms with E-state index in [-0.39, 0.29) is 0 Å². The Bertz CT molecular complexity index is 505. The highest BCUT2D eigenvalue weighted by atomic mass is 32.1. The second-order valence-corrected chi connectivity index (χ2v) is 5.34. The lowest BCUT2D eigenvalue weighted by Crippen LogP contribution is -2.18. The molecule has 0 fully saturated rings. The van der Waals surface area contributed by atoms with Crippen LogP contribution in [0.25, 0.3) is 0 Å². The zero-order valence-electron chi connectivity index (χ0n) is 9.65. The van der Waals surface area contributed by atoms with Gasteiger partial charge in [-0.15, -0.1) is 0 Å². The standard InChI is InChI=1S/C14H16N2S/c15-12-2-3-13-11(7-12)1-4-14(13)16-8-10-5-6-17-9-10/h2-3,5-7,9,14,16H,1,4,8,15H2. The van der Waals surface area contributed by atoms with Gasteiger partial charge in [-0.3, -0.25) is 0 Å². The summed E-state index contributed by atoms with van der Waals surface area (Å²) in [4.78, 5) is 0. The van der Waals surface area contributed by atoms with Crippen molar-refractivity contribution < 1.29 is 0 Å². The van der Waals surface area contributed by atoms with Crippen LogP contribution in [0.1, 0.15) is 29.2 Å². The largest absolute Gasteiger partial charge is 0.399 e. The van der Waals surface area contributed by atoms with E-state index in [1.165, 1.54) is 23.1 Å². The lowest BCUT2D eigenvalue weighted by atomic mass is 10.1. The normalized spacial score (nSPS) is 18.2. The number of benzene rings is 1. The zero-order valence-corrected chi connectivity index (χ0v) is 10.5. The highest BCUT2D eigenvalue weighted by molar-refractivity contribution is 7.07. The summed E-state index contributed by atoms with van der Waals surface area (Å²) in [5, 5.41) is 7.95. The average Bonchev–Trinajstić information content (AvgIpc) is 2.94. The quantitative estimate of drug-likeness (QED) is 0.814. The number of aryl methyl sites for hydroxylation is 1. The molecule has 0 saturated heterocycles. The van der Waals surface area contributed by atoms with Crippen molar-refractivity contribution in [3.8, 4) is 0 Å². The van der Waals surface area contributed by atoms with Crippen molar-refractivity contribution in [3.05, 3.63) is 51.7 Å². The van der Waals surface area contributed by atoms with Crippen molar-refractivity contribution >= 4 is 17.0 Å². The van der Waals surface area contributed by atoms with Gasteiger partial charge in [-0.1, -0.05) is 6.07 Å². The third kappa shape index (κ3) is 2.21. The summed E-state index contributed by atoms with van der Waals surface area (Å²) < 4.78 is 0. The lowest BCUT2D eigenvalue weighted by Gasteiger charge is -2.13. The van der Waals surface area contributed by atoms with E-state index in [4.69, 9.17) is 5.73 Å². The Balaban J connectivity index is 1.71. The molecule has 0 bridgehead atoms. The molecule has 3 N–H and O–H groups in total. The number of hydrogen-bond donors (Lipinski definition) is 2. The van der Waals surface area contributed by atoms with Crippen LogP contribution in [0.15, 0.2) is 35.0 Å². The molecule has 1 aromatic carbocycles. The minimum Gasteiger partial charge on any atom is -0.399 e. The van der Waals surface area contributed by atoms with E-state index < -0.39 is 0 Å². The van der Waals surface area contributed by atoms with Gasteiger partial charge in [0.1, 0.15) is 0 Å². The van der Waals surface area contributed by atoms with Crippen LogP contribution in [0.2, 0.25) is 0 Å². The molecule has 1 atom stereocenters. The predicted octanol–water partition coefficient (Wildman–Crippen LogP) is 3.11. The molecular weight excluding hydrogens is 228 g/mol. The van der Waals surface area contributed by atoms with Crippen LogP contribution in [0.3, 0.4) is 0 Å². The maximum Gasteiger partial charge on any atom is 0.0329 e. The molecule has 0 spiro atoms. The van der Waals surface area contributed by atoms with Gasteiger partial charge in [0, 0.05) is 18.3 Å². The fourth-order valence-electron chi connectivity index (χ4n) is 2.48. The fourth-order valence-corrected chi connectivity index (χ4v) is 3.15. The number of rotatable bonds is 3. The molecule has 17 heavy (non-hydrogen) atoms. The Morgan fingerprint density at radius 2 is 2.29 bits per heavy atom. The van der Waals surface area contributed by atoms with Gasteiger partial charge in [0.05, 0.1) is 0 Å². The lowest BCUT2D eigenvalue weighted by molar-refractivity contribution is 0.531. The second-order valence-electron chi connectivity index (χ2n) is 4.56. The van der Waals surface area contributed by atoms with Gasteiger partial charge in [0.15, 0.2) is 0 Å². The first-order valence-corrected chi connectivity index (χ1v) is 6.90. The van der Waals surface area contributed by atoms with Crippen LogP contribution in [0, 0.1) is 0 Å². The van der Waals surface area contributed by atoms with Gasteiger partial charge in [-0.25, -0.2) is 0 Å². The molecule has 0 amide bonds. The maximum atomic E-state index is 5.81. The number of fused-ring (bicyclic) bond motifs is 1. The second kappa shape index (κ2) is 4.51. The van der Waals surface area contributed by atoms with Gasteiger partial charge >= 0.3 is 0 Å². The van der Waals surface area contributed by atoms with Crippen molar-refractivity contribution in [1.29, 1.82) is 0 Å². The van der Waals surface area contributed by atoms with Crippen LogP contribution in [0.5, 0.6) is 0 Å². The third-order valence-electron chi connectivity index (χ3n) is 3.38. The van der Waals surface area contributed by atoms with Crippen LogP contribution >= 0.6 is 11.3 Å². The van der Waals surface area contributed by atoms with Gasteiger partial charge < -0.3 is 11.1 Å². The molecule has 3 rings (SSSR count). The summed E-state index contributed by atoms with van der Waals surface area (Å²) in [6.07, 6.45) is 2.32. The minimum absolute atomic E-state index is 0.491. The summed E-state index contributed by atoms with van der Waals surface area (Å²) in [5.74, 6) is 0. The molecule has 0 radical (unpaired) electrons. The minimum atomic E-state index is 0.491. The first-order valence-electron chi connectivity index (χ1n) is 5.96. The Morgan fingerprint density at radius 1 is 1.35 bits per heavy atom. The molecule has 0 aliphatic heterocycles. The smallest absolute Gasteiger partial charge is 0.0329 e. The van der Waals surface area contributed by atoms with Gasteiger partial charge in [-0.2, -0.15) is 11.3 Å². The Morgan fingerprint density at radius 3 is 3.12 bits per heavy atom. The summed E-state index contributed by atoms with van der Waals surface area (Å²) in [5.41, 5.74) is 10.9. The molecule has 1 unspecified atom stereocenters. The Hall–Kier alpha value is -1.32. The van der Waals surface area contributed by atoms with Gasteiger partial charge in [0.25, 0.3) is 0 Å². The van der Waals surface area contributed by atoms with Crippen LogP contribution in [0.4, 0.5) is 5.69 Å². The van der Waals surface area contributed by atoms with E-state index in [9.17, 15) is 0 Å². The van der Waals surface area contributed by atoms with Gasteiger partial charge in [-0.05, 0) is 58.5 Å². The molecule has 1 aromatic heterocycles. The molecule has 2 nitrogen and oxygen atoms in total. The van der Waals surface area contributed by atoms with Crippen LogP contribution in [-0.2, 0) is 13.0 Å². The number of anilines is 1. The molecular formula is C14H16N2S. The molecule has 88 valence electrons. The highest BCUT2D eigenvalue weighted by Crippen LogP contribution is 2.32. The topological polar surface area (TPSA) is 38.0 Å². The van der Waals surface area contributed by atoms with Crippen molar-refractivity contribution in [1.82, 2.24) is 5.32 Å². The van der Waals surface area contributed by atoms with E-state index in [1.54, 1.807) is 11.3 Å². The molecule has 1 aliphatic carbocycles. The Kier molecular flexibility index (Phi) is 2.87. The summed E-state index contributed by atoms with van der Waals surface area (Å²) in [7, 11) is 0. The highest BCUT2D eigenvalue weighted by Gasteiger charge is 2.21. The van der Waals surface area contributed by atoms with E-state index in [0.29, 0.717) is 6.04 Å². The van der Waals surface area contributed by atoms with Crippen molar-refractivity contribution in [2.45, 2.75) is 25.4 Å². The average molecular weight is 244 g/mol. The molecule has 1 aliphatic rings. The third-order valence-corrected chi connectivity index (χ3v) is 4.11. The summed E-state index contributed by atoms with van der Waals surface area (Å²) in [6.45, 7) is 0.956. The van der Waals surface area contributed by atoms with Crippen molar-refractivity contribution in [2.24, 2.45) is 0 Å². The number of nitrogen functional groups attached to an aromatic ring is 1. The molecule has 3 heteroatoms.